The smallest absolute Gasteiger partial charge is 0.0144 e. The molecule has 0 radical (unpaired) electrons. The van der Waals surface area contributed by atoms with Crippen molar-refractivity contribution in [2.45, 2.75) is 60.3 Å². The molecule has 0 spiro atoms. The van der Waals surface area contributed by atoms with Gasteiger partial charge in [-0.25, -0.2) is 0 Å². The molecule has 0 bridgehead atoms. The summed E-state index contributed by atoms with van der Waals surface area (Å²) in [7, 11) is 0. The van der Waals surface area contributed by atoms with Gasteiger partial charge in [-0.05, 0) is 50.9 Å². The van der Waals surface area contributed by atoms with Crippen LogP contribution in [-0.2, 0) is 0 Å². The van der Waals surface area contributed by atoms with Gasteiger partial charge in [-0.2, -0.15) is 0 Å². The Balaban J connectivity index is 2.86. The molecule has 0 heterocycles. The first kappa shape index (κ1) is 14.3. The molecule has 0 saturated carbocycles. The van der Waals surface area contributed by atoms with Crippen LogP contribution in [0.2, 0.25) is 0 Å². The van der Waals surface area contributed by atoms with Crippen molar-refractivity contribution in [3.63, 3.8) is 0 Å². The zero-order valence-corrected chi connectivity index (χ0v) is 12.3. The van der Waals surface area contributed by atoms with Crippen LogP contribution in [0.25, 0.3) is 0 Å². The molecule has 0 saturated heterocycles. The maximum Gasteiger partial charge on any atom is -0.0144 e. The third-order valence-electron chi connectivity index (χ3n) is 4.35. The van der Waals surface area contributed by atoms with Gasteiger partial charge in [-0.3, -0.25) is 0 Å². The van der Waals surface area contributed by atoms with Crippen LogP contribution in [0.1, 0.15) is 60.3 Å². The second kappa shape index (κ2) is 5.71. The van der Waals surface area contributed by atoms with Gasteiger partial charge in [0.2, 0.25) is 0 Å². The molecular formula is C17H28. The lowest BCUT2D eigenvalue weighted by molar-refractivity contribution is 0.331. The van der Waals surface area contributed by atoms with Gasteiger partial charge in [0.1, 0.15) is 0 Å². The molecule has 0 aromatic carbocycles. The molecular weight excluding hydrogens is 204 g/mol. The Morgan fingerprint density at radius 2 is 2.12 bits per heavy atom. The molecule has 1 unspecified atom stereocenters. The zero-order valence-electron chi connectivity index (χ0n) is 12.3. The third kappa shape index (κ3) is 3.59. The van der Waals surface area contributed by atoms with Gasteiger partial charge in [0.25, 0.3) is 0 Å². The van der Waals surface area contributed by atoms with E-state index in [2.05, 4.69) is 53.3 Å². The van der Waals surface area contributed by atoms with Gasteiger partial charge in [0, 0.05) is 0 Å². The largest absolute Gasteiger partial charge is 0.0996 e. The van der Waals surface area contributed by atoms with E-state index in [1.807, 2.05) is 0 Å². The molecule has 0 N–H and O–H groups in total. The quantitative estimate of drug-likeness (QED) is 0.536. The predicted octanol–water partition coefficient (Wildman–Crippen LogP) is 5.67. The van der Waals surface area contributed by atoms with Gasteiger partial charge < -0.3 is 0 Å². The molecule has 0 aromatic heterocycles. The van der Waals surface area contributed by atoms with E-state index >= 15 is 0 Å². The maximum absolute atomic E-state index is 4.15. The van der Waals surface area contributed by atoms with E-state index in [0.717, 1.165) is 5.92 Å². The standard InChI is InChI=1S/C17H28/c1-7-15(12-17(5,6)13(2)3)16-11-9-8-10-14(16)4/h8,10,15H,2,7,9,11-12H2,1,3-6H3. The van der Waals surface area contributed by atoms with Crippen LogP contribution in [0.5, 0.6) is 0 Å². The van der Waals surface area contributed by atoms with Crippen LogP contribution in [0.4, 0.5) is 0 Å². The fourth-order valence-corrected chi connectivity index (χ4v) is 2.63. The lowest BCUT2D eigenvalue weighted by Crippen LogP contribution is -2.20. The van der Waals surface area contributed by atoms with E-state index < -0.39 is 0 Å². The molecule has 0 heteroatoms. The average Bonchev–Trinajstić information content (AvgIpc) is 2.26. The summed E-state index contributed by atoms with van der Waals surface area (Å²) in [5.74, 6) is 0.728. The van der Waals surface area contributed by atoms with Crippen LogP contribution in [0.15, 0.2) is 35.5 Å². The monoisotopic (exact) mass is 232 g/mol. The molecule has 1 aliphatic carbocycles. The SMILES string of the molecule is C=C(C)C(C)(C)CC(CC)C1=C(C)C=CCC1. The van der Waals surface area contributed by atoms with Crippen molar-refractivity contribution < 1.29 is 0 Å². The van der Waals surface area contributed by atoms with Crippen LogP contribution in [0, 0.1) is 11.3 Å². The summed E-state index contributed by atoms with van der Waals surface area (Å²) < 4.78 is 0. The minimum atomic E-state index is 0.259. The molecule has 0 aromatic rings. The van der Waals surface area contributed by atoms with Crippen molar-refractivity contribution in [1.82, 2.24) is 0 Å². The van der Waals surface area contributed by atoms with Crippen molar-refractivity contribution >= 4 is 0 Å². The minimum Gasteiger partial charge on any atom is -0.0996 e. The molecule has 0 nitrogen and oxygen atoms in total. The first-order chi connectivity index (χ1) is 7.88. The molecule has 0 fully saturated rings. The first-order valence-corrected chi connectivity index (χ1v) is 6.90. The van der Waals surface area contributed by atoms with Crippen molar-refractivity contribution in [1.29, 1.82) is 0 Å². The molecule has 96 valence electrons. The third-order valence-corrected chi connectivity index (χ3v) is 4.35. The Morgan fingerprint density at radius 1 is 1.47 bits per heavy atom. The van der Waals surface area contributed by atoms with E-state index in [9.17, 15) is 0 Å². The Hall–Kier alpha value is -0.780. The Morgan fingerprint density at radius 3 is 2.59 bits per heavy atom. The predicted molar refractivity (Wildman–Crippen MR) is 78.1 cm³/mol. The van der Waals surface area contributed by atoms with E-state index in [1.54, 1.807) is 5.57 Å². The normalized spacial score (nSPS) is 18.4. The zero-order chi connectivity index (χ0) is 13.1. The summed E-state index contributed by atoms with van der Waals surface area (Å²) in [5.41, 5.74) is 4.75. The molecule has 0 aliphatic heterocycles. The van der Waals surface area contributed by atoms with Crippen LogP contribution < -0.4 is 0 Å². The number of hydrogen-bond acceptors (Lipinski definition) is 0. The maximum atomic E-state index is 4.15. The highest BCUT2D eigenvalue weighted by atomic mass is 14.3. The first-order valence-electron chi connectivity index (χ1n) is 6.90. The molecule has 17 heavy (non-hydrogen) atoms. The Labute approximate surface area is 108 Å². The highest BCUT2D eigenvalue weighted by Crippen LogP contribution is 2.39. The highest BCUT2D eigenvalue weighted by molar-refractivity contribution is 5.29. The van der Waals surface area contributed by atoms with Crippen LogP contribution >= 0.6 is 0 Å². The summed E-state index contributed by atoms with van der Waals surface area (Å²) in [4.78, 5) is 0. The molecule has 0 amide bonds. The summed E-state index contributed by atoms with van der Waals surface area (Å²) in [6, 6.07) is 0. The molecule has 1 aliphatic rings. The number of allylic oxidation sites excluding steroid dienone is 5. The number of hydrogen-bond donors (Lipinski definition) is 0. The Kier molecular flexibility index (Phi) is 4.80. The van der Waals surface area contributed by atoms with Crippen molar-refractivity contribution in [3.8, 4) is 0 Å². The van der Waals surface area contributed by atoms with Crippen molar-refractivity contribution in [3.05, 3.63) is 35.5 Å². The summed E-state index contributed by atoms with van der Waals surface area (Å²) >= 11 is 0. The summed E-state index contributed by atoms with van der Waals surface area (Å²) in [5, 5.41) is 0. The highest BCUT2D eigenvalue weighted by Gasteiger charge is 2.26. The van der Waals surface area contributed by atoms with E-state index in [4.69, 9.17) is 0 Å². The average molecular weight is 232 g/mol. The second-order valence-corrected chi connectivity index (χ2v) is 6.12. The van der Waals surface area contributed by atoms with Crippen molar-refractivity contribution in [2.24, 2.45) is 11.3 Å². The van der Waals surface area contributed by atoms with Crippen LogP contribution in [-0.4, -0.2) is 0 Å². The molecule has 1 rings (SSSR count). The van der Waals surface area contributed by atoms with Gasteiger partial charge in [-0.1, -0.05) is 56.2 Å². The molecule has 1 atom stereocenters. The van der Waals surface area contributed by atoms with E-state index in [0.29, 0.717) is 0 Å². The van der Waals surface area contributed by atoms with E-state index in [1.165, 1.54) is 36.8 Å². The summed E-state index contributed by atoms with van der Waals surface area (Å²) in [6.45, 7) is 15.5. The van der Waals surface area contributed by atoms with Gasteiger partial charge in [0.05, 0.1) is 0 Å². The van der Waals surface area contributed by atoms with Gasteiger partial charge in [-0.15, -0.1) is 0 Å². The summed E-state index contributed by atoms with van der Waals surface area (Å²) in [6.07, 6.45) is 9.56. The lowest BCUT2D eigenvalue weighted by atomic mass is 9.73. The fraction of sp³-hybridized carbons (Fsp3) is 0.647. The second-order valence-electron chi connectivity index (χ2n) is 6.12. The van der Waals surface area contributed by atoms with E-state index in [-0.39, 0.29) is 5.41 Å². The van der Waals surface area contributed by atoms with Gasteiger partial charge in [0.15, 0.2) is 0 Å². The minimum absolute atomic E-state index is 0.259. The Bertz CT molecular complexity index is 339. The lowest BCUT2D eigenvalue weighted by Gasteiger charge is -2.32. The van der Waals surface area contributed by atoms with Crippen LogP contribution in [0.3, 0.4) is 0 Å². The fourth-order valence-electron chi connectivity index (χ4n) is 2.63. The van der Waals surface area contributed by atoms with Gasteiger partial charge >= 0.3 is 0 Å². The van der Waals surface area contributed by atoms with Crippen molar-refractivity contribution in [2.75, 3.05) is 0 Å². The topological polar surface area (TPSA) is 0 Å². The number of rotatable bonds is 5.